The zero-order valence-corrected chi connectivity index (χ0v) is 15.1. The number of hydrogen-bond donors (Lipinski definition) is 1. The van der Waals surface area contributed by atoms with E-state index in [0.29, 0.717) is 0 Å². The van der Waals surface area contributed by atoms with Crippen LogP contribution in [0, 0.1) is 6.92 Å². The molecule has 0 aromatic heterocycles. The first-order valence-electron chi connectivity index (χ1n) is 7.43. The largest absolute Gasteiger partial charge is 0.443 e. The van der Waals surface area contributed by atoms with Gasteiger partial charge in [0.05, 0.1) is 4.90 Å². The normalized spacial score (nSPS) is 11.0. The lowest BCUT2D eigenvalue weighted by molar-refractivity contribution is 0.0570. The molecule has 2 aromatic rings. The number of ether oxygens (including phenoxy) is 1. The second kappa shape index (κ2) is 8.49. The quantitative estimate of drug-likeness (QED) is 0.892. The van der Waals surface area contributed by atoms with Crippen LogP contribution in [0.25, 0.3) is 0 Å². The fraction of sp³-hybridized carbons (Fsp3) is 0.278. The average molecular weight is 349 g/mol. The molecule has 1 amide bonds. The van der Waals surface area contributed by atoms with Gasteiger partial charge in [-0.05, 0) is 39.8 Å². The summed E-state index contributed by atoms with van der Waals surface area (Å²) in [4.78, 5) is 11.4. The highest BCUT2D eigenvalue weighted by Crippen LogP contribution is 2.10. The minimum Gasteiger partial charge on any atom is -0.443 e. The molecule has 1 N–H and O–H groups in total. The molecule has 0 saturated carbocycles. The second-order valence-corrected chi connectivity index (χ2v) is 7.76. The highest BCUT2D eigenvalue weighted by molar-refractivity contribution is 7.90. The summed E-state index contributed by atoms with van der Waals surface area (Å²) in [5.41, 5.74) is 0.582. The molecule has 0 fully saturated rings. The molecule has 5 nitrogen and oxygen atoms in total. The van der Waals surface area contributed by atoms with Gasteiger partial charge in [0.1, 0.15) is 5.60 Å². The first-order chi connectivity index (χ1) is 11.1. The Labute approximate surface area is 143 Å². The lowest BCUT2D eigenvalue weighted by Crippen LogP contribution is -2.36. The van der Waals surface area contributed by atoms with Crippen molar-refractivity contribution in [1.29, 1.82) is 0 Å². The highest BCUT2D eigenvalue weighted by atomic mass is 32.2. The molecule has 0 saturated heterocycles. The molecule has 0 aliphatic rings. The van der Waals surface area contributed by atoms with Crippen LogP contribution in [-0.4, -0.2) is 20.1 Å². The number of aryl methyl sites for hydroxylation is 1. The predicted molar refractivity (Wildman–Crippen MR) is 94.2 cm³/mol. The van der Waals surface area contributed by atoms with Gasteiger partial charge in [-0.25, -0.2) is 17.9 Å². The van der Waals surface area contributed by atoms with Crippen molar-refractivity contribution in [3.8, 4) is 0 Å². The summed E-state index contributed by atoms with van der Waals surface area (Å²) < 4.78 is 30.1. The van der Waals surface area contributed by atoms with Crippen molar-refractivity contribution < 1.29 is 17.9 Å². The lowest BCUT2D eigenvalue weighted by atomic mass is 10.2. The summed E-state index contributed by atoms with van der Waals surface area (Å²) in [6.45, 7) is 7.05. The Morgan fingerprint density at radius 1 is 0.917 bits per heavy atom. The number of rotatable bonds is 2. The van der Waals surface area contributed by atoms with Crippen molar-refractivity contribution in [2.45, 2.75) is 38.2 Å². The van der Waals surface area contributed by atoms with E-state index < -0.39 is 21.7 Å². The summed E-state index contributed by atoms with van der Waals surface area (Å²) in [6, 6.07) is 17.9. The van der Waals surface area contributed by atoms with Crippen LogP contribution in [0.2, 0.25) is 0 Å². The van der Waals surface area contributed by atoms with Gasteiger partial charge >= 0.3 is 6.09 Å². The number of sulfonamides is 1. The van der Waals surface area contributed by atoms with E-state index in [9.17, 15) is 13.2 Å². The standard InChI is InChI=1S/C11H15NO4S.C7H8/c1-11(2,3)16-10(13)12-17(14,15)9-7-5-4-6-8-9;1-7-5-3-2-4-6-7/h4-8H,1-3H3,(H,12,13);2-6H,1H3. The van der Waals surface area contributed by atoms with Crippen molar-refractivity contribution in [2.24, 2.45) is 0 Å². The molecule has 130 valence electrons. The molecule has 0 aliphatic carbocycles. The molecule has 0 bridgehead atoms. The van der Waals surface area contributed by atoms with Crippen molar-refractivity contribution >= 4 is 16.1 Å². The van der Waals surface area contributed by atoms with Gasteiger partial charge in [0.2, 0.25) is 0 Å². The van der Waals surface area contributed by atoms with E-state index in [4.69, 9.17) is 4.74 Å². The van der Waals surface area contributed by atoms with E-state index in [1.165, 1.54) is 17.7 Å². The van der Waals surface area contributed by atoms with Gasteiger partial charge in [-0.3, -0.25) is 0 Å². The molecule has 0 radical (unpaired) electrons. The Hall–Kier alpha value is -2.34. The maximum atomic E-state index is 11.7. The summed E-state index contributed by atoms with van der Waals surface area (Å²) in [5.74, 6) is 0. The van der Waals surface area contributed by atoms with Gasteiger partial charge in [0, 0.05) is 0 Å². The fourth-order valence-corrected chi connectivity index (χ4v) is 2.50. The van der Waals surface area contributed by atoms with Crippen molar-refractivity contribution in [3.05, 3.63) is 66.2 Å². The summed E-state index contributed by atoms with van der Waals surface area (Å²) in [7, 11) is -3.86. The van der Waals surface area contributed by atoms with Crippen LogP contribution < -0.4 is 4.72 Å². The van der Waals surface area contributed by atoms with Crippen LogP contribution in [0.4, 0.5) is 4.79 Å². The maximum Gasteiger partial charge on any atom is 0.421 e. The Morgan fingerprint density at radius 2 is 1.38 bits per heavy atom. The lowest BCUT2D eigenvalue weighted by Gasteiger charge is -2.19. The average Bonchev–Trinajstić information content (AvgIpc) is 2.47. The van der Waals surface area contributed by atoms with Crippen LogP contribution >= 0.6 is 0 Å². The molecular formula is C18H23NO4S. The Morgan fingerprint density at radius 3 is 1.75 bits per heavy atom. The summed E-state index contributed by atoms with van der Waals surface area (Å²) >= 11 is 0. The zero-order chi connectivity index (χ0) is 18.2. The van der Waals surface area contributed by atoms with Gasteiger partial charge in [-0.1, -0.05) is 54.1 Å². The zero-order valence-electron chi connectivity index (χ0n) is 14.3. The highest BCUT2D eigenvalue weighted by Gasteiger charge is 2.22. The van der Waals surface area contributed by atoms with Crippen LogP contribution in [0.15, 0.2) is 65.6 Å². The van der Waals surface area contributed by atoms with Crippen LogP contribution in [0.1, 0.15) is 26.3 Å². The van der Waals surface area contributed by atoms with Crippen LogP contribution in [0.5, 0.6) is 0 Å². The molecular weight excluding hydrogens is 326 g/mol. The fourth-order valence-electron chi connectivity index (χ4n) is 1.60. The van der Waals surface area contributed by atoms with Gasteiger partial charge in [0.25, 0.3) is 10.0 Å². The van der Waals surface area contributed by atoms with E-state index in [1.54, 1.807) is 39.0 Å². The van der Waals surface area contributed by atoms with Gasteiger partial charge < -0.3 is 4.74 Å². The number of benzene rings is 2. The smallest absolute Gasteiger partial charge is 0.421 e. The third-order valence-corrected chi connectivity index (χ3v) is 3.94. The molecule has 2 aromatic carbocycles. The Bertz CT molecular complexity index is 736. The molecule has 0 spiro atoms. The maximum absolute atomic E-state index is 11.7. The molecule has 0 aliphatic heterocycles. The van der Waals surface area contributed by atoms with Crippen molar-refractivity contribution in [2.75, 3.05) is 0 Å². The first-order valence-corrected chi connectivity index (χ1v) is 8.91. The van der Waals surface area contributed by atoms with Gasteiger partial charge in [-0.15, -0.1) is 0 Å². The van der Waals surface area contributed by atoms with E-state index in [2.05, 4.69) is 19.1 Å². The minimum atomic E-state index is -3.86. The van der Waals surface area contributed by atoms with E-state index in [1.807, 2.05) is 22.9 Å². The number of carbonyl (C=O) groups is 1. The van der Waals surface area contributed by atoms with Crippen LogP contribution in [0.3, 0.4) is 0 Å². The third kappa shape index (κ3) is 7.78. The number of carbonyl (C=O) groups excluding carboxylic acids is 1. The predicted octanol–water partition coefficient (Wildman–Crippen LogP) is 3.90. The van der Waals surface area contributed by atoms with E-state index in [0.717, 1.165) is 0 Å². The Kier molecular flexibility index (Phi) is 6.97. The summed E-state index contributed by atoms with van der Waals surface area (Å²) in [6.07, 6.45) is -0.985. The topological polar surface area (TPSA) is 72.5 Å². The van der Waals surface area contributed by atoms with E-state index in [-0.39, 0.29) is 4.90 Å². The number of amides is 1. The molecule has 0 unspecified atom stereocenters. The minimum absolute atomic E-state index is 0.0193. The number of nitrogens with one attached hydrogen (secondary N) is 1. The second-order valence-electron chi connectivity index (χ2n) is 6.08. The molecule has 0 atom stereocenters. The molecule has 0 heterocycles. The monoisotopic (exact) mass is 349 g/mol. The number of hydrogen-bond acceptors (Lipinski definition) is 4. The Balaban J connectivity index is 0.000000341. The van der Waals surface area contributed by atoms with Gasteiger partial charge in [0.15, 0.2) is 0 Å². The molecule has 2 rings (SSSR count). The van der Waals surface area contributed by atoms with Crippen LogP contribution in [-0.2, 0) is 14.8 Å². The van der Waals surface area contributed by atoms with Crippen molar-refractivity contribution in [1.82, 2.24) is 4.72 Å². The third-order valence-electron chi connectivity index (χ3n) is 2.61. The molecule has 6 heteroatoms. The summed E-state index contributed by atoms with van der Waals surface area (Å²) in [5, 5.41) is 0. The van der Waals surface area contributed by atoms with E-state index >= 15 is 0 Å². The first kappa shape index (κ1) is 19.7. The van der Waals surface area contributed by atoms with Crippen molar-refractivity contribution in [3.63, 3.8) is 0 Å². The molecule has 24 heavy (non-hydrogen) atoms. The SMILES string of the molecule is CC(C)(C)OC(=O)NS(=O)(=O)c1ccccc1.Cc1ccccc1. The van der Waals surface area contributed by atoms with Gasteiger partial charge in [-0.2, -0.15) is 0 Å².